The van der Waals surface area contributed by atoms with E-state index in [4.69, 9.17) is 9.47 Å². The highest BCUT2D eigenvalue weighted by atomic mass is 16.6. The molecule has 0 fully saturated rings. The summed E-state index contributed by atoms with van der Waals surface area (Å²) >= 11 is 0. The number of nitrogens with zero attached hydrogens (tertiary/aromatic N) is 3. The maximum Gasteiger partial charge on any atom is 0.332 e. The molecule has 0 saturated heterocycles. The molecule has 1 aromatic heterocycles. The summed E-state index contributed by atoms with van der Waals surface area (Å²) < 4.78 is 12.0. The van der Waals surface area contributed by atoms with Gasteiger partial charge in [0.25, 0.3) is 0 Å². The average molecular weight is 283 g/mol. The van der Waals surface area contributed by atoms with Gasteiger partial charge in [-0.25, -0.2) is 9.48 Å². The minimum Gasteiger partial charge on any atom is -0.464 e. The number of esters is 1. The summed E-state index contributed by atoms with van der Waals surface area (Å²) in [6.07, 6.45) is 2.84. The third kappa shape index (κ3) is 7.23. The SMILES string of the molecule is CC(C)COC(=O)COCCn1cc(CC(C)C)nn1. The Kier molecular flexibility index (Phi) is 7.22. The Labute approximate surface area is 120 Å². The molecule has 0 unspecified atom stereocenters. The fourth-order valence-electron chi connectivity index (χ4n) is 1.57. The molecule has 1 heterocycles. The first kappa shape index (κ1) is 16.6. The van der Waals surface area contributed by atoms with E-state index in [0.29, 0.717) is 31.6 Å². The second-order valence-corrected chi connectivity index (χ2v) is 5.70. The second-order valence-electron chi connectivity index (χ2n) is 5.70. The van der Waals surface area contributed by atoms with E-state index in [1.165, 1.54) is 0 Å². The zero-order valence-corrected chi connectivity index (χ0v) is 12.8. The molecule has 0 radical (unpaired) electrons. The molecule has 0 aliphatic heterocycles. The Hall–Kier alpha value is -1.43. The Morgan fingerprint density at radius 3 is 2.70 bits per heavy atom. The van der Waals surface area contributed by atoms with Crippen molar-refractivity contribution in [3.05, 3.63) is 11.9 Å². The molecule has 0 aliphatic rings. The molecular weight excluding hydrogens is 258 g/mol. The molecule has 1 rings (SSSR count). The smallest absolute Gasteiger partial charge is 0.332 e. The van der Waals surface area contributed by atoms with Crippen molar-refractivity contribution in [2.75, 3.05) is 19.8 Å². The largest absolute Gasteiger partial charge is 0.464 e. The van der Waals surface area contributed by atoms with E-state index < -0.39 is 0 Å². The van der Waals surface area contributed by atoms with Crippen LogP contribution in [0, 0.1) is 11.8 Å². The summed E-state index contributed by atoms with van der Waals surface area (Å²) in [5.41, 5.74) is 0.983. The maximum absolute atomic E-state index is 11.3. The van der Waals surface area contributed by atoms with Gasteiger partial charge in [-0.05, 0) is 18.3 Å². The Morgan fingerprint density at radius 1 is 1.30 bits per heavy atom. The molecule has 0 saturated carbocycles. The normalized spacial score (nSPS) is 11.3. The molecule has 1 aromatic rings. The zero-order chi connectivity index (χ0) is 15.0. The highest BCUT2D eigenvalue weighted by Gasteiger charge is 2.06. The first-order chi connectivity index (χ1) is 9.47. The first-order valence-electron chi connectivity index (χ1n) is 7.09. The summed E-state index contributed by atoms with van der Waals surface area (Å²) in [6.45, 7) is 9.70. The van der Waals surface area contributed by atoms with E-state index in [1.54, 1.807) is 4.68 Å². The van der Waals surface area contributed by atoms with Gasteiger partial charge in [-0.15, -0.1) is 5.10 Å². The molecule has 20 heavy (non-hydrogen) atoms. The van der Waals surface area contributed by atoms with Crippen LogP contribution in [0.1, 0.15) is 33.4 Å². The van der Waals surface area contributed by atoms with Gasteiger partial charge >= 0.3 is 5.97 Å². The van der Waals surface area contributed by atoms with E-state index in [1.807, 2.05) is 20.0 Å². The van der Waals surface area contributed by atoms with Crippen molar-refractivity contribution < 1.29 is 14.3 Å². The minimum atomic E-state index is -0.321. The third-order valence-electron chi connectivity index (χ3n) is 2.47. The van der Waals surface area contributed by atoms with Crippen LogP contribution >= 0.6 is 0 Å². The topological polar surface area (TPSA) is 66.2 Å². The highest BCUT2D eigenvalue weighted by Crippen LogP contribution is 2.03. The molecule has 0 spiro atoms. The van der Waals surface area contributed by atoms with Crippen LogP contribution in [0.5, 0.6) is 0 Å². The van der Waals surface area contributed by atoms with Crippen LogP contribution in [0.4, 0.5) is 0 Å². The van der Waals surface area contributed by atoms with Crippen molar-refractivity contribution in [1.82, 2.24) is 15.0 Å². The highest BCUT2D eigenvalue weighted by molar-refractivity contribution is 5.70. The Bertz CT molecular complexity index is 402. The lowest BCUT2D eigenvalue weighted by molar-refractivity contribution is -0.150. The van der Waals surface area contributed by atoms with Gasteiger partial charge < -0.3 is 9.47 Å². The van der Waals surface area contributed by atoms with E-state index in [0.717, 1.165) is 12.1 Å². The van der Waals surface area contributed by atoms with Gasteiger partial charge in [-0.3, -0.25) is 0 Å². The van der Waals surface area contributed by atoms with Crippen molar-refractivity contribution in [2.24, 2.45) is 11.8 Å². The minimum absolute atomic E-state index is 0.0136. The Morgan fingerprint density at radius 2 is 2.05 bits per heavy atom. The maximum atomic E-state index is 11.3. The van der Waals surface area contributed by atoms with E-state index >= 15 is 0 Å². The van der Waals surface area contributed by atoms with Gasteiger partial charge in [0.15, 0.2) is 0 Å². The number of rotatable bonds is 9. The molecule has 6 heteroatoms. The summed E-state index contributed by atoms with van der Waals surface area (Å²) in [5, 5.41) is 8.10. The van der Waals surface area contributed by atoms with Gasteiger partial charge in [-0.1, -0.05) is 32.9 Å². The molecule has 0 amide bonds. The predicted octanol–water partition coefficient (Wildman–Crippen LogP) is 1.69. The van der Waals surface area contributed by atoms with Crippen molar-refractivity contribution in [3.63, 3.8) is 0 Å². The lowest BCUT2D eigenvalue weighted by atomic mass is 10.1. The number of aromatic nitrogens is 3. The average Bonchev–Trinajstić information content (AvgIpc) is 2.79. The predicted molar refractivity (Wildman–Crippen MR) is 75.2 cm³/mol. The first-order valence-corrected chi connectivity index (χ1v) is 7.09. The van der Waals surface area contributed by atoms with Crippen LogP contribution in [0.2, 0.25) is 0 Å². The van der Waals surface area contributed by atoms with Crippen LogP contribution in [0.15, 0.2) is 6.20 Å². The van der Waals surface area contributed by atoms with Gasteiger partial charge in [-0.2, -0.15) is 0 Å². The fourth-order valence-corrected chi connectivity index (χ4v) is 1.57. The van der Waals surface area contributed by atoms with Gasteiger partial charge in [0, 0.05) is 6.20 Å². The number of hydrogen-bond acceptors (Lipinski definition) is 5. The van der Waals surface area contributed by atoms with E-state index in [9.17, 15) is 4.79 Å². The lowest BCUT2D eigenvalue weighted by Crippen LogP contribution is -2.17. The van der Waals surface area contributed by atoms with E-state index in [-0.39, 0.29) is 12.6 Å². The van der Waals surface area contributed by atoms with Crippen LogP contribution in [-0.4, -0.2) is 40.8 Å². The summed E-state index contributed by atoms with van der Waals surface area (Å²) in [7, 11) is 0. The molecule has 114 valence electrons. The molecular formula is C14H25N3O3. The number of carbonyl (C=O) groups excluding carboxylic acids is 1. The fraction of sp³-hybridized carbons (Fsp3) is 0.786. The Balaban J connectivity index is 2.14. The van der Waals surface area contributed by atoms with Gasteiger partial charge in [0.05, 0.1) is 25.5 Å². The third-order valence-corrected chi connectivity index (χ3v) is 2.47. The molecule has 0 bridgehead atoms. The standard InChI is InChI=1S/C14H25N3O3/c1-11(2)7-13-8-17(16-15-13)5-6-19-10-14(18)20-9-12(3)4/h8,11-12H,5-7,9-10H2,1-4H3. The second kappa shape index (κ2) is 8.68. The van der Waals surface area contributed by atoms with Crippen molar-refractivity contribution >= 4 is 5.97 Å². The van der Waals surface area contributed by atoms with Gasteiger partial charge in [0.1, 0.15) is 6.61 Å². The van der Waals surface area contributed by atoms with Crippen molar-refractivity contribution in [1.29, 1.82) is 0 Å². The molecule has 0 atom stereocenters. The van der Waals surface area contributed by atoms with Crippen molar-refractivity contribution in [2.45, 2.75) is 40.7 Å². The zero-order valence-electron chi connectivity index (χ0n) is 12.8. The monoisotopic (exact) mass is 283 g/mol. The van der Waals surface area contributed by atoms with Crippen LogP contribution < -0.4 is 0 Å². The van der Waals surface area contributed by atoms with Crippen LogP contribution in [0.3, 0.4) is 0 Å². The quantitative estimate of drug-likeness (QED) is 0.509. The molecule has 6 nitrogen and oxygen atoms in total. The lowest BCUT2D eigenvalue weighted by Gasteiger charge is -2.07. The van der Waals surface area contributed by atoms with Crippen LogP contribution in [0.25, 0.3) is 0 Å². The summed E-state index contributed by atoms with van der Waals surface area (Å²) in [6, 6.07) is 0. The number of hydrogen-bond donors (Lipinski definition) is 0. The molecule has 0 aromatic carbocycles. The summed E-state index contributed by atoms with van der Waals surface area (Å²) in [4.78, 5) is 11.3. The molecule has 0 aliphatic carbocycles. The van der Waals surface area contributed by atoms with E-state index in [2.05, 4.69) is 24.2 Å². The number of carbonyl (C=O) groups is 1. The summed E-state index contributed by atoms with van der Waals surface area (Å²) in [5.74, 6) is 0.582. The number of ether oxygens (including phenoxy) is 2. The van der Waals surface area contributed by atoms with Crippen molar-refractivity contribution in [3.8, 4) is 0 Å². The van der Waals surface area contributed by atoms with Gasteiger partial charge in [0.2, 0.25) is 0 Å². The van der Waals surface area contributed by atoms with Crippen LogP contribution in [-0.2, 0) is 27.2 Å². The molecule has 0 N–H and O–H groups in total.